The van der Waals surface area contributed by atoms with Crippen LogP contribution in [0.3, 0.4) is 0 Å². The van der Waals surface area contributed by atoms with Crippen LogP contribution in [-0.2, 0) is 9.53 Å². The van der Waals surface area contributed by atoms with Crippen LogP contribution in [0.15, 0.2) is 42.5 Å². The average Bonchev–Trinajstić information content (AvgIpc) is 3.59. The van der Waals surface area contributed by atoms with E-state index >= 15 is 0 Å². The van der Waals surface area contributed by atoms with Crippen molar-refractivity contribution < 1.29 is 14.6 Å². The van der Waals surface area contributed by atoms with E-state index in [4.69, 9.17) is 16.3 Å². The van der Waals surface area contributed by atoms with Crippen molar-refractivity contribution in [2.24, 2.45) is 5.92 Å². The smallest absolute Gasteiger partial charge is 0.310 e. The molecule has 2 fully saturated rings. The molecule has 1 saturated carbocycles. The van der Waals surface area contributed by atoms with Gasteiger partial charge in [0.05, 0.1) is 23.4 Å². The third-order valence-corrected chi connectivity index (χ3v) is 6.57. The lowest BCUT2D eigenvalue weighted by Crippen LogP contribution is -2.33. The number of benzene rings is 2. The summed E-state index contributed by atoms with van der Waals surface area (Å²) in [5, 5.41) is 17.7. The molecule has 3 N–H and O–H groups in total. The van der Waals surface area contributed by atoms with Gasteiger partial charge in [-0.05, 0) is 73.6 Å². The van der Waals surface area contributed by atoms with E-state index in [-0.39, 0.29) is 6.10 Å². The first-order chi connectivity index (χ1) is 15.0. The molecule has 2 aliphatic rings. The van der Waals surface area contributed by atoms with Gasteiger partial charge in [-0.25, -0.2) is 0 Å². The van der Waals surface area contributed by atoms with E-state index in [0.29, 0.717) is 23.4 Å². The molecule has 31 heavy (non-hydrogen) atoms. The van der Waals surface area contributed by atoms with Crippen molar-refractivity contribution in [2.75, 3.05) is 17.2 Å². The Balaban J connectivity index is 1.60. The Morgan fingerprint density at radius 2 is 1.94 bits per heavy atom. The molecule has 1 aliphatic carbocycles. The maximum Gasteiger partial charge on any atom is 0.310 e. The minimum absolute atomic E-state index is 0.285. The van der Waals surface area contributed by atoms with Gasteiger partial charge in [0.2, 0.25) is 0 Å². The van der Waals surface area contributed by atoms with Gasteiger partial charge < -0.3 is 20.5 Å². The largest absolute Gasteiger partial charge is 0.481 e. The zero-order valence-corrected chi connectivity index (χ0v) is 18.7. The monoisotopic (exact) mass is 442 g/mol. The van der Waals surface area contributed by atoms with E-state index < -0.39 is 11.9 Å². The summed E-state index contributed by atoms with van der Waals surface area (Å²) in [6, 6.07) is 13.9. The summed E-state index contributed by atoms with van der Waals surface area (Å²) < 4.78 is 5.82. The quantitative estimate of drug-likeness (QED) is 0.418. The number of halogens is 1. The molecule has 4 rings (SSSR count). The number of nitrogens with one attached hydrogen (secondary N) is 2. The van der Waals surface area contributed by atoms with E-state index in [2.05, 4.69) is 17.6 Å². The van der Waals surface area contributed by atoms with E-state index in [9.17, 15) is 9.90 Å². The molecule has 0 bridgehead atoms. The minimum Gasteiger partial charge on any atom is -0.481 e. The first kappa shape index (κ1) is 22.0. The van der Waals surface area contributed by atoms with Crippen LogP contribution in [0.25, 0.3) is 0 Å². The predicted octanol–water partition coefficient (Wildman–Crippen LogP) is 6.42. The Kier molecular flexibility index (Phi) is 7.03. The Morgan fingerprint density at radius 3 is 2.61 bits per heavy atom. The summed E-state index contributed by atoms with van der Waals surface area (Å²) >= 11 is 6.04. The number of hydrogen-bond acceptors (Lipinski definition) is 4. The van der Waals surface area contributed by atoms with Gasteiger partial charge in [-0.15, -0.1) is 0 Å². The topological polar surface area (TPSA) is 70.6 Å². The second kappa shape index (κ2) is 9.92. The highest BCUT2D eigenvalue weighted by Gasteiger charge is 2.31. The molecule has 1 heterocycles. The van der Waals surface area contributed by atoms with Crippen LogP contribution < -0.4 is 10.6 Å². The second-order valence-corrected chi connectivity index (χ2v) is 9.21. The molecule has 1 aliphatic heterocycles. The van der Waals surface area contributed by atoms with Gasteiger partial charge >= 0.3 is 5.97 Å². The fraction of sp³-hybridized carbons (Fsp3) is 0.480. The van der Waals surface area contributed by atoms with Crippen molar-refractivity contribution in [3.8, 4) is 0 Å². The lowest BCUT2D eigenvalue weighted by molar-refractivity contribution is -0.139. The van der Waals surface area contributed by atoms with Crippen LogP contribution in [0, 0.1) is 5.92 Å². The standard InChI is InChI=1S/C25H31ClN2O3/c1-2-21-15-20(11-12-31-21)28-23-10-5-17(22(25(29)30)13-16-3-4-16)14-24(23)27-19-8-6-18(26)7-9-19/h5-10,14,16,20-22,27-28H,2-4,11-13,15H2,1H3,(H,29,30). The van der Waals surface area contributed by atoms with Gasteiger partial charge in [-0.2, -0.15) is 0 Å². The summed E-state index contributed by atoms with van der Waals surface area (Å²) in [4.78, 5) is 12.0. The summed E-state index contributed by atoms with van der Waals surface area (Å²) in [6.45, 7) is 2.91. The lowest BCUT2D eigenvalue weighted by Gasteiger charge is -2.31. The van der Waals surface area contributed by atoms with Gasteiger partial charge in [0.1, 0.15) is 0 Å². The highest BCUT2D eigenvalue weighted by Crippen LogP contribution is 2.40. The van der Waals surface area contributed by atoms with Gasteiger partial charge in [0.25, 0.3) is 0 Å². The number of aliphatic carboxylic acids is 1. The molecule has 3 atom stereocenters. The zero-order chi connectivity index (χ0) is 21.8. The van der Waals surface area contributed by atoms with Crippen molar-refractivity contribution in [3.05, 3.63) is 53.1 Å². The number of hydrogen-bond donors (Lipinski definition) is 3. The Bertz CT molecular complexity index is 898. The Morgan fingerprint density at radius 1 is 1.16 bits per heavy atom. The highest BCUT2D eigenvalue weighted by molar-refractivity contribution is 6.30. The third kappa shape index (κ3) is 5.92. The number of rotatable bonds is 9. The van der Waals surface area contributed by atoms with Gasteiger partial charge in [-0.1, -0.05) is 37.4 Å². The molecule has 1 saturated heterocycles. The fourth-order valence-corrected chi connectivity index (χ4v) is 4.40. The first-order valence-corrected chi connectivity index (χ1v) is 11.7. The lowest BCUT2D eigenvalue weighted by atomic mass is 9.92. The Hall–Kier alpha value is -2.24. The SMILES string of the molecule is CCC1CC(Nc2ccc(C(CC3CC3)C(=O)O)cc2Nc2ccc(Cl)cc2)CCO1. The number of ether oxygens (including phenoxy) is 1. The molecule has 2 aromatic rings. The van der Waals surface area contributed by atoms with Crippen LogP contribution in [0.4, 0.5) is 17.1 Å². The van der Waals surface area contributed by atoms with Crippen molar-refractivity contribution in [1.82, 2.24) is 0 Å². The molecule has 0 radical (unpaired) electrons. The zero-order valence-electron chi connectivity index (χ0n) is 17.9. The van der Waals surface area contributed by atoms with E-state index in [1.807, 2.05) is 42.5 Å². The summed E-state index contributed by atoms with van der Waals surface area (Å²) in [7, 11) is 0. The Labute approximate surface area is 189 Å². The first-order valence-electron chi connectivity index (χ1n) is 11.3. The van der Waals surface area contributed by atoms with Crippen LogP contribution in [0.1, 0.15) is 56.9 Å². The van der Waals surface area contributed by atoms with Gasteiger partial charge in [0.15, 0.2) is 0 Å². The van der Waals surface area contributed by atoms with E-state index in [0.717, 1.165) is 61.3 Å². The molecule has 6 heteroatoms. The van der Waals surface area contributed by atoms with Crippen LogP contribution in [0.5, 0.6) is 0 Å². The van der Waals surface area contributed by atoms with Crippen LogP contribution >= 0.6 is 11.6 Å². The molecule has 166 valence electrons. The third-order valence-electron chi connectivity index (χ3n) is 6.32. The summed E-state index contributed by atoms with van der Waals surface area (Å²) in [6.07, 6.45) is 6.21. The average molecular weight is 443 g/mol. The number of anilines is 3. The maximum atomic E-state index is 12.0. The maximum absolute atomic E-state index is 12.0. The van der Waals surface area contributed by atoms with Gasteiger partial charge in [-0.3, -0.25) is 4.79 Å². The second-order valence-electron chi connectivity index (χ2n) is 8.77. The number of carboxylic acids is 1. The van der Waals surface area contributed by atoms with Crippen molar-refractivity contribution in [3.63, 3.8) is 0 Å². The molecule has 0 aromatic heterocycles. The molecule has 0 spiro atoms. The van der Waals surface area contributed by atoms with E-state index in [1.54, 1.807) is 0 Å². The van der Waals surface area contributed by atoms with Crippen molar-refractivity contribution in [2.45, 2.75) is 63.5 Å². The van der Waals surface area contributed by atoms with E-state index in [1.165, 1.54) is 0 Å². The highest BCUT2D eigenvalue weighted by atomic mass is 35.5. The normalized spacial score (nSPS) is 22.0. The summed E-state index contributed by atoms with van der Waals surface area (Å²) in [5.41, 5.74) is 3.63. The van der Waals surface area contributed by atoms with Crippen molar-refractivity contribution >= 4 is 34.6 Å². The van der Waals surface area contributed by atoms with Crippen LogP contribution in [0.2, 0.25) is 5.02 Å². The number of carboxylic acid groups (broad SMARTS) is 1. The minimum atomic E-state index is -0.750. The summed E-state index contributed by atoms with van der Waals surface area (Å²) in [5.74, 6) is -0.681. The molecular formula is C25H31ClN2O3. The molecule has 3 unspecified atom stereocenters. The van der Waals surface area contributed by atoms with Crippen LogP contribution in [-0.4, -0.2) is 29.8 Å². The fourth-order valence-electron chi connectivity index (χ4n) is 4.28. The molecule has 5 nitrogen and oxygen atoms in total. The molecular weight excluding hydrogens is 412 g/mol. The van der Waals surface area contributed by atoms with Gasteiger partial charge in [0, 0.05) is 23.4 Å². The number of carbonyl (C=O) groups is 1. The molecule has 2 aromatic carbocycles. The molecule has 0 amide bonds. The predicted molar refractivity (Wildman–Crippen MR) is 126 cm³/mol. The van der Waals surface area contributed by atoms with Crippen molar-refractivity contribution in [1.29, 1.82) is 0 Å².